The number of amides is 1. The summed E-state index contributed by atoms with van der Waals surface area (Å²) in [6, 6.07) is 13.1. The molecule has 1 amide bonds. The number of benzene rings is 2. The molecule has 1 aliphatic rings. The lowest BCUT2D eigenvalue weighted by molar-refractivity contribution is 0.0743. The van der Waals surface area contributed by atoms with Gasteiger partial charge in [0.15, 0.2) is 0 Å². The van der Waals surface area contributed by atoms with E-state index < -0.39 is 0 Å². The van der Waals surface area contributed by atoms with Crippen molar-refractivity contribution in [3.63, 3.8) is 0 Å². The Bertz CT molecular complexity index is 773. The fraction of sp³-hybridized carbons (Fsp3) is 0.350. The number of rotatable bonds is 5. The molecule has 5 nitrogen and oxygen atoms in total. The standard InChI is InChI=1S/C20H23ClN2O3/c1-3-26-18-7-5-4-6-17(18)22-10-12-23(13-11-22)20(24)16-9-8-15(21)14-19(16)25-2/h4-9,14H,3,10-13H2,1-2H3. The summed E-state index contributed by atoms with van der Waals surface area (Å²) in [5.74, 6) is 1.36. The molecule has 0 radical (unpaired) electrons. The number of halogens is 1. The number of carbonyl (C=O) groups excluding carboxylic acids is 1. The van der Waals surface area contributed by atoms with Gasteiger partial charge >= 0.3 is 0 Å². The summed E-state index contributed by atoms with van der Waals surface area (Å²) in [5, 5.41) is 0.552. The fourth-order valence-corrected chi connectivity index (χ4v) is 3.32. The number of methoxy groups -OCH3 is 1. The first-order valence-electron chi connectivity index (χ1n) is 8.73. The molecule has 1 saturated heterocycles. The lowest BCUT2D eigenvalue weighted by Crippen LogP contribution is -2.49. The Hall–Kier alpha value is -2.40. The lowest BCUT2D eigenvalue weighted by Gasteiger charge is -2.36. The Labute approximate surface area is 159 Å². The number of anilines is 1. The quantitative estimate of drug-likeness (QED) is 0.800. The van der Waals surface area contributed by atoms with Gasteiger partial charge in [-0.25, -0.2) is 0 Å². The minimum Gasteiger partial charge on any atom is -0.496 e. The lowest BCUT2D eigenvalue weighted by atomic mass is 10.1. The molecule has 0 N–H and O–H groups in total. The van der Waals surface area contributed by atoms with Gasteiger partial charge in [0.1, 0.15) is 11.5 Å². The van der Waals surface area contributed by atoms with Gasteiger partial charge in [0, 0.05) is 31.2 Å². The topological polar surface area (TPSA) is 42.0 Å². The zero-order chi connectivity index (χ0) is 18.5. The van der Waals surface area contributed by atoms with E-state index in [1.54, 1.807) is 25.3 Å². The summed E-state index contributed by atoms with van der Waals surface area (Å²) >= 11 is 5.99. The molecule has 2 aromatic rings. The van der Waals surface area contributed by atoms with Gasteiger partial charge in [-0.2, -0.15) is 0 Å². The highest BCUT2D eigenvalue weighted by atomic mass is 35.5. The number of hydrogen-bond donors (Lipinski definition) is 0. The minimum absolute atomic E-state index is 0.0312. The summed E-state index contributed by atoms with van der Waals surface area (Å²) in [6.07, 6.45) is 0. The zero-order valence-corrected chi connectivity index (χ0v) is 15.8. The normalized spacial score (nSPS) is 14.3. The predicted molar refractivity (Wildman–Crippen MR) is 104 cm³/mol. The molecule has 6 heteroatoms. The van der Waals surface area contributed by atoms with Gasteiger partial charge in [-0.15, -0.1) is 0 Å². The highest BCUT2D eigenvalue weighted by Gasteiger charge is 2.25. The van der Waals surface area contributed by atoms with E-state index in [1.807, 2.05) is 30.0 Å². The first-order chi connectivity index (χ1) is 12.6. The van der Waals surface area contributed by atoms with Gasteiger partial charge in [0.2, 0.25) is 0 Å². The molecule has 0 bridgehead atoms. The largest absolute Gasteiger partial charge is 0.496 e. The molecular formula is C20H23ClN2O3. The molecule has 1 aliphatic heterocycles. The Balaban J connectivity index is 1.70. The van der Waals surface area contributed by atoms with Crippen LogP contribution in [-0.4, -0.2) is 50.7 Å². The van der Waals surface area contributed by atoms with E-state index in [2.05, 4.69) is 11.0 Å². The average molecular weight is 375 g/mol. The van der Waals surface area contributed by atoms with Crippen molar-refractivity contribution in [1.29, 1.82) is 0 Å². The van der Waals surface area contributed by atoms with Crippen molar-refractivity contribution in [2.75, 3.05) is 44.8 Å². The van der Waals surface area contributed by atoms with E-state index in [0.717, 1.165) is 24.5 Å². The highest BCUT2D eigenvalue weighted by molar-refractivity contribution is 6.30. The smallest absolute Gasteiger partial charge is 0.257 e. The van der Waals surface area contributed by atoms with E-state index >= 15 is 0 Å². The first kappa shape index (κ1) is 18.4. The second-order valence-corrected chi connectivity index (χ2v) is 6.46. The van der Waals surface area contributed by atoms with Crippen LogP contribution < -0.4 is 14.4 Å². The molecule has 26 heavy (non-hydrogen) atoms. The second kappa shape index (κ2) is 8.32. The van der Waals surface area contributed by atoms with E-state index in [9.17, 15) is 4.79 Å². The van der Waals surface area contributed by atoms with Crippen molar-refractivity contribution in [3.8, 4) is 11.5 Å². The Morgan fingerprint density at radius 2 is 1.81 bits per heavy atom. The van der Waals surface area contributed by atoms with Crippen LogP contribution in [0.1, 0.15) is 17.3 Å². The van der Waals surface area contributed by atoms with Crippen LogP contribution in [0.15, 0.2) is 42.5 Å². The Morgan fingerprint density at radius 3 is 2.50 bits per heavy atom. The number of piperazine rings is 1. The Morgan fingerprint density at radius 1 is 1.08 bits per heavy atom. The number of carbonyl (C=O) groups is 1. The van der Waals surface area contributed by atoms with Gasteiger partial charge < -0.3 is 19.3 Å². The van der Waals surface area contributed by atoms with Crippen LogP contribution in [0.2, 0.25) is 5.02 Å². The van der Waals surface area contributed by atoms with E-state index in [-0.39, 0.29) is 5.91 Å². The summed E-state index contributed by atoms with van der Waals surface area (Å²) in [4.78, 5) is 17.0. The number of nitrogens with zero attached hydrogens (tertiary/aromatic N) is 2. The number of para-hydroxylation sites is 2. The molecule has 0 spiro atoms. The second-order valence-electron chi connectivity index (χ2n) is 6.02. The van der Waals surface area contributed by atoms with Gasteiger partial charge in [-0.05, 0) is 37.3 Å². The first-order valence-corrected chi connectivity index (χ1v) is 9.11. The monoisotopic (exact) mass is 374 g/mol. The molecule has 138 valence electrons. The molecule has 1 fully saturated rings. The van der Waals surface area contributed by atoms with Crippen LogP contribution in [0.25, 0.3) is 0 Å². The molecule has 2 aromatic carbocycles. The van der Waals surface area contributed by atoms with Crippen molar-refractivity contribution in [3.05, 3.63) is 53.1 Å². The molecular weight excluding hydrogens is 352 g/mol. The molecule has 0 aliphatic carbocycles. The zero-order valence-electron chi connectivity index (χ0n) is 15.1. The minimum atomic E-state index is -0.0312. The third-order valence-corrected chi connectivity index (χ3v) is 4.70. The molecule has 3 rings (SSSR count). The SMILES string of the molecule is CCOc1ccccc1N1CCN(C(=O)c2ccc(Cl)cc2OC)CC1. The summed E-state index contributed by atoms with van der Waals surface area (Å²) in [5.41, 5.74) is 1.62. The molecule has 0 unspecified atom stereocenters. The van der Waals surface area contributed by atoms with Crippen molar-refractivity contribution in [1.82, 2.24) is 4.90 Å². The van der Waals surface area contributed by atoms with Gasteiger partial charge in [0.05, 0.1) is 25.0 Å². The highest BCUT2D eigenvalue weighted by Crippen LogP contribution is 2.30. The summed E-state index contributed by atoms with van der Waals surface area (Å²) in [6.45, 7) is 5.41. The molecule has 0 atom stereocenters. The van der Waals surface area contributed by atoms with E-state index in [1.165, 1.54) is 0 Å². The van der Waals surface area contributed by atoms with E-state index in [0.29, 0.717) is 36.0 Å². The number of ether oxygens (including phenoxy) is 2. The average Bonchev–Trinajstić information content (AvgIpc) is 2.68. The van der Waals surface area contributed by atoms with Gasteiger partial charge in [-0.1, -0.05) is 23.7 Å². The van der Waals surface area contributed by atoms with Crippen LogP contribution >= 0.6 is 11.6 Å². The number of hydrogen-bond acceptors (Lipinski definition) is 4. The van der Waals surface area contributed by atoms with Crippen molar-refractivity contribution < 1.29 is 14.3 Å². The van der Waals surface area contributed by atoms with Crippen LogP contribution in [0.5, 0.6) is 11.5 Å². The fourth-order valence-electron chi connectivity index (χ4n) is 3.16. The maximum absolute atomic E-state index is 12.9. The Kier molecular flexibility index (Phi) is 5.89. The van der Waals surface area contributed by atoms with Crippen molar-refractivity contribution in [2.24, 2.45) is 0 Å². The van der Waals surface area contributed by atoms with Crippen LogP contribution in [0.3, 0.4) is 0 Å². The maximum Gasteiger partial charge on any atom is 0.257 e. The summed E-state index contributed by atoms with van der Waals surface area (Å²) in [7, 11) is 1.55. The molecule has 0 aromatic heterocycles. The molecule has 0 saturated carbocycles. The van der Waals surface area contributed by atoms with Crippen LogP contribution in [0, 0.1) is 0 Å². The predicted octanol–water partition coefficient (Wildman–Crippen LogP) is 3.71. The van der Waals surface area contributed by atoms with Gasteiger partial charge in [0.25, 0.3) is 5.91 Å². The van der Waals surface area contributed by atoms with Crippen LogP contribution in [0.4, 0.5) is 5.69 Å². The van der Waals surface area contributed by atoms with Crippen molar-refractivity contribution in [2.45, 2.75) is 6.92 Å². The summed E-state index contributed by atoms with van der Waals surface area (Å²) < 4.78 is 11.0. The van der Waals surface area contributed by atoms with Crippen molar-refractivity contribution >= 4 is 23.2 Å². The van der Waals surface area contributed by atoms with Crippen LogP contribution in [-0.2, 0) is 0 Å². The molecule has 1 heterocycles. The maximum atomic E-state index is 12.9. The van der Waals surface area contributed by atoms with E-state index in [4.69, 9.17) is 21.1 Å². The van der Waals surface area contributed by atoms with Gasteiger partial charge in [-0.3, -0.25) is 4.79 Å². The third-order valence-electron chi connectivity index (χ3n) is 4.47. The third kappa shape index (κ3) is 3.88.